The molecule has 5 heteroatoms. The number of carboxylic acid groups (broad SMARTS) is 1. The fourth-order valence-electron chi connectivity index (χ4n) is 4.42. The number of nitrogens with zero attached hydrogens (tertiary/aromatic N) is 2. The molecule has 0 aromatic heterocycles. The second-order valence-electron chi connectivity index (χ2n) is 8.56. The highest BCUT2D eigenvalue weighted by atomic mass is 16.5. The molecule has 1 N–H and O–H groups in total. The van der Waals surface area contributed by atoms with Crippen molar-refractivity contribution in [3.63, 3.8) is 0 Å². The van der Waals surface area contributed by atoms with Crippen LogP contribution in [0, 0.1) is 5.41 Å². The van der Waals surface area contributed by atoms with Crippen molar-refractivity contribution in [2.45, 2.75) is 32.6 Å². The van der Waals surface area contributed by atoms with Crippen LogP contribution in [0.2, 0.25) is 0 Å². The first-order chi connectivity index (χ1) is 12.4. The summed E-state index contributed by atoms with van der Waals surface area (Å²) in [5, 5.41) is 9.24. The number of morpholine rings is 1. The number of carboxylic acids is 1. The van der Waals surface area contributed by atoms with Gasteiger partial charge in [-0.25, -0.2) is 4.79 Å². The standard InChI is InChI=1S/C21H32N2O3/c1-21(2,15-22-9-11-26-12-10-22)16-23-8-4-7-19(14-23)17-5-3-6-18(13-17)20(24)25/h3,5-6,13,19H,4,7-12,14-16H2,1-2H3,(H,24,25)/t19-/m0/s1. The second kappa shape index (κ2) is 8.51. The number of carbonyl (C=O) groups is 1. The van der Waals surface area contributed by atoms with Gasteiger partial charge < -0.3 is 14.7 Å². The summed E-state index contributed by atoms with van der Waals surface area (Å²) in [6.07, 6.45) is 2.32. The Morgan fingerprint density at radius 3 is 2.65 bits per heavy atom. The number of hydrogen-bond acceptors (Lipinski definition) is 4. The normalized spacial score (nSPS) is 23.1. The number of ether oxygens (including phenoxy) is 1. The Morgan fingerprint density at radius 2 is 1.92 bits per heavy atom. The van der Waals surface area contributed by atoms with E-state index < -0.39 is 5.97 Å². The van der Waals surface area contributed by atoms with E-state index in [0.717, 1.165) is 58.9 Å². The molecular formula is C21H32N2O3. The van der Waals surface area contributed by atoms with Gasteiger partial charge in [-0.15, -0.1) is 0 Å². The summed E-state index contributed by atoms with van der Waals surface area (Å²) in [6, 6.07) is 7.49. The van der Waals surface area contributed by atoms with E-state index in [2.05, 4.69) is 29.7 Å². The number of likely N-dealkylation sites (tertiary alicyclic amines) is 1. The molecule has 0 saturated carbocycles. The first-order valence-electron chi connectivity index (χ1n) is 9.79. The maximum absolute atomic E-state index is 11.3. The summed E-state index contributed by atoms with van der Waals surface area (Å²) in [5.41, 5.74) is 1.80. The Balaban J connectivity index is 1.59. The molecule has 2 aliphatic rings. The predicted octanol–water partition coefficient (Wildman–Crippen LogP) is 2.92. The topological polar surface area (TPSA) is 53.0 Å². The minimum atomic E-state index is -0.842. The molecule has 0 unspecified atom stereocenters. The lowest BCUT2D eigenvalue weighted by molar-refractivity contribution is 0.0132. The van der Waals surface area contributed by atoms with Crippen LogP contribution in [-0.2, 0) is 4.74 Å². The minimum absolute atomic E-state index is 0.238. The molecule has 0 radical (unpaired) electrons. The van der Waals surface area contributed by atoms with Gasteiger partial charge in [0.2, 0.25) is 0 Å². The van der Waals surface area contributed by atoms with Gasteiger partial charge in [-0.3, -0.25) is 4.90 Å². The van der Waals surface area contributed by atoms with Crippen LogP contribution in [0.4, 0.5) is 0 Å². The zero-order chi connectivity index (χ0) is 18.6. The first kappa shape index (κ1) is 19.3. The molecule has 2 saturated heterocycles. The lowest BCUT2D eigenvalue weighted by Gasteiger charge is -2.41. The SMILES string of the molecule is CC(C)(CN1CCOCC1)CN1CCC[C@H](c2cccc(C(=O)O)c2)C1. The van der Waals surface area contributed by atoms with Crippen LogP contribution in [0.1, 0.15) is 48.5 Å². The van der Waals surface area contributed by atoms with E-state index in [1.807, 2.05) is 12.1 Å². The molecule has 1 aromatic rings. The molecule has 0 aliphatic carbocycles. The molecule has 26 heavy (non-hydrogen) atoms. The summed E-state index contributed by atoms with van der Waals surface area (Å²) in [7, 11) is 0. The molecule has 2 heterocycles. The number of hydrogen-bond donors (Lipinski definition) is 1. The van der Waals surface area contributed by atoms with Crippen LogP contribution in [0.15, 0.2) is 24.3 Å². The zero-order valence-electron chi connectivity index (χ0n) is 16.1. The monoisotopic (exact) mass is 360 g/mol. The van der Waals surface area contributed by atoms with Crippen molar-refractivity contribution >= 4 is 5.97 Å². The van der Waals surface area contributed by atoms with Crippen molar-refractivity contribution in [3.8, 4) is 0 Å². The summed E-state index contributed by atoms with van der Waals surface area (Å²) >= 11 is 0. The smallest absolute Gasteiger partial charge is 0.335 e. The van der Waals surface area contributed by atoms with E-state index in [-0.39, 0.29) is 5.41 Å². The van der Waals surface area contributed by atoms with Crippen LogP contribution < -0.4 is 0 Å². The van der Waals surface area contributed by atoms with Gasteiger partial charge in [-0.2, -0.15) is 0 Å². The highest BCUT2D eigenvalue weighted by Gasteiger charge is 2.29. The van der Waals surface area contributed by atoms with E-state index >= 15 is 0 Å². The Morgan fingerprint density at radius 1 is 1.19 bits per heavy atom. The Kier molecular flexibility index (Phi) is 6.33. The molecule has 0 spiro atoms. The minimum Gasteiger partial charge on any atom is -0.478 e. The molecule has 3 rings (SSSR count). The van der Waals surface area contributed by atoms with Crippen molar-refractivity contribution in [3.05, 3.63) is 35.4 Å². The van der Waals surface area contributed by atoms with Gasteiger partial charge in [0.15, 0.2) is 0 Å². The van der Waals surface area contributed by atoms with Crippen molar-refractivity contribution in [2.24, 2.45) is 5.41 Å². The average molecular weight is 360 g/mol. The number of piperidine rings is 1. The molecule has 2 aliphatic heterocycles. The number of aromatic carboxylic acids is 1. The Hall–Kier alpha value is -1.43. The molecular weight excluding hydrogens is 328 g/mol. The Labute approximate surface area is 156 Å². The van der Waals surface area contributed by atoms with E-state index in [1.165, 1.54) is 12.0 Å². The van der Waals surface area contributed by atoms with Gasteiger partial charge in [0.25, 0.3) is 0 Å². The number of benzene rings is 1. The van der Waals surface area contributed by atoms with Crippen molar-refractivity contribution in [2.75, 3.05) is 52.5 Å². The van der Waals surface area contributed by atoms with Crippen LogP contribution in [-0.4, -0.2) is 73.4 Å². The van der Waals surface area contributed by atoms with Crippen molar-refractivity contribution in [1.82, 2.24) is 9.80 Å². The zero-order valence-corrected chi connectivity index (χ0v) is 16.1. The summed E-state index contributed by atoms with van der Waals surface area (Å²) in [6.45, 7) is 12.8. The number of rotatable bonds is 6. The van der Waals surface area contributed by atoms with Crippen LogP contribution >= 0.6 is 0 Å². The molecule has 2 fully saturated rings. The summed E-state index contributed by atoms with van der Waals surface area (Å²) in [4.78, 5) is 16.3. The van der Waals surface area contributed by atoms with Crippen LogP contribution in [0.5, 0.6) is 0 Å². The maximum atomic E-state index is 11.3. The highest BCUT2D eigenvalue weighted by Crippen LogP contribution is 2.30. The molecule has 144 valence electrons. The third kappa shape index (κ3) is 5.29. The predicted molar refractivity (Wildman–Crippen MR) is 103 cm³/mol. The lowest BCUT2D eigenvalue weighted by atomic mass is 9.86. The lowest BCUT2D eigenvalue weighted by Crippen LogP contribution is -2.47. The average Bonchev–Trinajstić information content (AvgIpc) is 2.62. The molecule has 1 atom stereocenters. The van der Waals surface area contributed by atoms with E-state index in [4.69, 9.17) is 4.74 Å². The third-order valence-corrected chi connectivity index (χ3v) is 5.52. The molecule has 0 amide bonds. The van der Waals surface area contributed by atoms with Crippen molar-refractivity contribution in [1.29, 1.82) is 0 Å². The van der Waals surface area contributed by atoms with Gasteiger partial charge in [0.1, 0.15) is 0 Å². The van der Waals surface area contributed by atoms with E-state index in [0.29, 0.717) is 11.5 Å². The van der Waals surface area contributed by atoms with Gasteiger partial charge in [0.05, 0.1) is 18.8 Å². The maximum Gasteiger partial charge on any atom is 0.335 e. The van der Waals surface area contributed by atoms with Gasteiger partial charge >= 0.3 is 5.97 Å². The quantitative estimate of drug-likeness (QED) is 0.845. The summed E-state index contributed by atoms with van der Waals surface area (Å²) in [5.74, 6) is -0.409. The first-order valence-corrected chi connectivity index (χ1v) is 9.79. The van der Waals surface area contributed by atoms with Gasteiger partial charge in [-0.1, -0.05) is 26.0 Å². The Bertz CT molecular complexity index is 611. The largest absolute Gasteiger partial charge is 0.478 e. The third-order valence-electron chi connectivity index (χ3n) is 5.52. The fourth-order valence-corrected chi connectivity index (χ4v) is 4.42. The molecule has 1 aromatic carbocycles. The van der Waals surface area contributed by atoms with Crippen LogP contribution in [0.25, 0.3) is 0 Å². The summed E-state index contributed by atoms with van der Waals surface area (Å²) < 4.78 is 5.46. The second-order valence-corrected chi connectivity index (χ2v) is 8.56. The van der Waals surface area contributed by atoms with Gasteiger partial charge in [0, 0.05) is 32.7 Å². The van der Waals surface area contributed by atoms with Gasteiger partial charge in [-0.05, 0) is 48.4 Å². The van der Waals surface area contributed by atoms with Crippen LogP contribution in [0.3, 0.4) is 0 Å². The van der Waals surface area contributed by atoms with E-state index in [9.17, 15) is 9.90 Å². The van der Waals surface area contributed by atoms with E-state index in [1.54, 1.807) is 6.07 Å². The highest BCUT2D eigenvalue weighted by molar-refractivity contribution is 5.87. The fraction of sp³-hybridized carbons (Fsp3) is 0.667. The van der Waals surface area contributed by atoms with Crippen molar-refractivity contribution < 1.29 is 14.6 Å². The molecule has 0 bridgehead atoms. The molecule has 5 nitrogen and oxygen atoms in total.